The Labute approximate surface area is 107 Å². The quantitative estimate of drug-likeness (QED) is 0.852. The van der Waals surface area contributed by atoms with Gasteiger partial charge in [0.2, 0.25) is 0 Å². The van der Waals surface area contributed by atoms with Gasteiger partial charge < -0.3 is 10.4 Å². The Morgan fingerprint density at radius 3 is 2.31 bits per heavy atom. The smallest absolute Gasteiger partial charge is 0.0582 e. The van der Waals surface area contributed by atoms with Crippen LogP contribution in [-0.2, 0) is 0 Å². The van der Waals surface area contributed by atoms with Crippen molar-refractivity contribution in [3.05, 3.63) is 33.8 Å². The number of hydrogen-bond acceptors (Lipinski definition) is 2. The van der Waals surface area contributed by atoms with Crippen LogP contribution in [0.25, 0.3) is 0 Å². The third kappa shape index (κ3) is 3.36. The zero-order valence-electron chi connectivity index (χ0n) is 9.50. The van der Waals surface area contributed by atoms with Crippen LogP contribution < -0.4 is 5.32 Å². The fraction of sp³-hybridized carbons (Fsp3) is 0.500. The number of aliphatic hydroxyl groups excluding tert-OH is 1. The topological polar surface area (TPSA) is 32.3 Å². The van der Waals surface area contributed by atoms with E-state index in [0.29, 0.717) is 10.0 Å². The van der Waals surface area contributed by atoms with Crippen molar-refractivity contribution in [3.63, 3.8) is 0 Å². The van der Waals surface area contributed by atoms with Crippen LogP contribution in [0.15, 0.2) is 18.2 Å². The van der Waals surface area contributed by atoms with E-state index in [9.17, 15) is 0 Å². The highest BCUT2D eigenvalue weighted by molar-refractivity contribution is 6.36. The SMILES string of the molecule is CCC(NC(C)CO)c1c(Cl)cccc1Cl. The summed E-state index contributed by atoms with van der Waals surface area (Å²) in [5.41, 5.74) is 0.911. The first-order chi connectivity index (χ1) is 7.60. The molecular weight excluding hydrogens is 245 g/mol. The lowest BCUT2D eigenvalue weighted by molar-refractivity contribution is 0.239. The molecule has 0 bridgehead atoms. The Morgan fingerprint density at radius 1 is 1.31 bits per heavy atom. The highest BCUT2D eigenvalue weighted by atomic mass is 35.5. The zero-order chi connectivity index (χ0) is 12.1. The monoisotopic (exact) mass is 261 g/mol. The van der Waals surface area contributed by atoms with Gasteiger partial charge in [-0.1, -0.05) is 36.2 Å². The zero-order valence-corrected chi connectivity index (χ0v) is 11.0. The number of hydrogen-bond donors (Lipinski definition) is 2. The number of rotatable bonds is 5. The van der Waals surface area contributed by atoms with Crippen molar-refractivity contribution in [2.24, 2.45) is 0 Å². The van der Waals surface area contributed by atoms with Crippen LogP contribution in [-0.4, -0.2) is 17.8 Å². The summed E-state index contributed by atoms with van der Waals surface area (Å²) in [4.78, 5) is 0. The minimum absolute atomic E-state index is 0.0253. The summed E-state index contributed by atoms with van der Waals surface area (Å²) in [7, 11) is 0. The highest BCUT2D eigenvalue weighted by Crippen LogP contribution is 2.32. The lowest BCUT2D eigenvalue weighted by Crippen LogP contribution is -2.33. The maximum Gasteiger partial charge on any atom is 0.0582 e. The third-order valence-electron chi connectivity index (χ3n) is 2.52. The molecule has 0 amide bonds. The number of nitrogens with one attached hydrogen (secondary N) is 1. The van der Waals surface area contributed by atoms with E-state index in [-0.39, 0.29) is 18.7 Å². The molecule has 90 valence electrons. The first-order valence-corrected chi connectivity index (χ1v) is 6.16. The summed E-state index contributed by atoms with van der Waals surface area (Å²) in [6.45, 7) is 4.08. The van der Waals surface area contributed by atoms with Crippen LogP contribution in [0.5, 0.6) is 0 Å². The molecule has 0 aliphatic rings. The van der Waals surface area contributed by atoms with E-state index in [1.807, 2.05) is 25.1 Å². The molecule has 0 saturated heterocycles. The molecule has 0 aliphatic heterocycles. The number of halogens is 2. The summed E-state index contributed by atoms with van der Waals surface area (Å²) in [5, 5.41) is 13.7. The summed E-state index contributed by atoms with van der Waals surface area (Å²) in [5.74, 6) is 0. The maximum absolute atomic E-state index is 9.04. The van der Waals surface area contributed by atoms with Crippen LogP contribution in [0, 0.1) is 0 Å². The molecule has 16 heavy (non-hydrogen) atoms. The van der Waals surface area contributed by atoms with Gasteiger partial charge in [0.1, 0.15) is 0 Å². The average Bonchev–Trinajstić information content (AvgIpc) is 2.27. The lowest BCUT2D eigenvalue weighted by atomic mass is 10.0. The standard InChI is InChI=1S/C12H17Cl2NO/c1-3-11(15-8(2)7-16)12-9(13)5-4-6-10(12)14/h4-6,8,11,15-16H,3,7H2,1-2H3. The highest BCUT2D eigenvalue weighted by Gasteiger charge is 2.17. The van der Waals surface area contributed by atoms with Gasteiger partial charge in [0.05, 0.1) is 6.61 Å². The third-order valence-corrected chi connectivity index (χ3v) is 3.18. The second-order valence-corrected chi connectivity index (χ2v) is 4.66. The van der Waals surface area contributed by atoms with Gasteiger partial charge in [-0.05, 0) is 25.5 Å². The van der Waals surface area contributed by atoms with E-state index in [2.05, 4.69) is 12.2 Å². The Balaban J connectivity index is 2.94. The normalized spacial score (nSPS) is 14.8. The fourth-order valence-electron chi connectivity index (χ4n) is 1.65. The maximum atomic E-state index is 9.04. The molecular formula is C12H17Cl2NO. The molecule has 2 N–H and O–H groups in total. The molecule has 0 spiro atoms. The first-order valence-electron chi connectivity index (χ1n) is 5.41. The van der Waals surface area contributed by atoms with Crippen LogP contribution in [0.4, 0.5) is 0 Å². The molecule has 1 aromatic rings. The second kappa shape index (κ2) is 6.45. The van der Waals surface area contributed by atoms with E-state index in [1.54, 1.807) is 0 Å². The molecule has 2 atom stereocenters. The number of benzene rings is 1. The molecule has 4 heteroatoms. The van der Waals surface area contributed by atoms with Gasteiger partial charge in [-0.15, -0.1) is 0 Å². The summed E-state index contributed by atoms with van der Waals surface area (Å²) in [6.07, 6.45) is 0.869. The van der Waals surface area contributed by atoms with Crippen molar-refractivity contribution in [2.75, 3.05) is 6.61 Å². The van der Waals surface area contributed by atoms with Crippen LogP contribution >= 0.6 is 23.2 Å². The van der Waals surface area contributed by atoms with Gasteiger partial charge >= 0.3 is 0 Å². The Bertz CT molecular complexity index is 324. The fourth-order valence-corrected chi connectivity index (χ4v) is 2.31. The van der Waals surface area contributed by atoms with Gasteiger partial charge in [-0.25, -0.2) is 0 Å². The summed E-state index contributed by atoms with van der Waals surface area (Å²) < 4.78 is 0. The molecule has 0 saturated carbocycles. The van der Waals surface area contributed by atoms with Crippen LogP contribution in [0.3, 0.4) is 0 Å². The molecule has 0 aliphatic carbocycles. The second-order valence-electron chi connectivity index (χ2n) is 3.85. The lowest BCUT2D eigenvalue weighted by Gasteiger charge is -2.23. The molecule has 1 aromatic carbocycles. The van der Waals surface area contributed by atoms with Crippen molar-refractivity contribution in [1.29, 1.82) is 0 Å². The van der Waals surface area contributed by atoms with Crippen LogP contribution in [0.1, 0.15) is 31.9 Å². The first kappa shape index (κ1) is 13.8. The minimum Gasteiger partial charge on any atom is -0.395 e. The van der Waals surface area contributed by atoms with Gasteiger partial charge in [0.15, 0.2) is 0 Å². The van der Waals surface area contributed by atoms with E-state index < -0.39 is 0 Å². The van der Waals surface area contributed by atoms with Gasteiger partial charge in [0.25, 0.3) is 0 Å². The van der Waals surface area contributed by atoms with Gasteiger partial charge in [-0.2, -0.15) is 0 Å². The van der Waals surface area contributed by atoms with Gasteiger partial charge in [-0.3, -0.25) is 0 Å². The molecule has 2 nitrogen and oxygen atoms in total. The Hall–Kier alpha value is -0.280. The molecule has 0 fully saturated rings. The van der Waals surface area contributed by atoms with Crippen molar-refractivity contribution in [1.82, 2.24) is 5.32 Å². The largest absolute Gasteiger partial charge is 0.395 e. The van der Waals surface area contributed by atoms with Crippen molar-refractivity contribution in [2.45, 2.75) is 32.4 Å². The van der Waals surface area contributed by atoms with E-state index >= 15 is 0 Å². The molecule has 0 heterocycles. The molecule has 2 unspecified atom stereocenters. The summed E-state index contributed by atoms with van der Waals surface area (Å²) in [6, 6.07) is 5.59. The average molecular weight is 262 g/mol. The Morgan fingerprint density at radius 2 is 1.88 bits per heavy atom. The Kier molecular flexibility index (Phi) is 5.56. The number of aliphatic hydroxyl groups is 1. The van der Waals surface area contributed by atoms with Crippen molar-refractivity contribution in [3.8, 4) is 0 Å². The van der Waals surface area contributed by atoms with E-state index in [1.165, 1.54) is 0 Å². The van der Waals surface area contributed by atoms with E-state index in [0.717, 1.165) is 12.0 Å². The molecule has 1 rings (SSSR count). The van der Waals surface area contributed by atoms with E-state index in [4.69, 9.17) is 28.3 Å². The van der Waals surface area contributed by atoms with Gasteiger partial charge in [0, 0.05) is 27.7 Å². The van der Waals surface area contributed by atoms with Crippen molar-refractivity contribution < 1.29 is 5.11 Å². The minimum atomic E-state index is 0.0253. The predicted octanol–water partition coefficient (Wildman–Crippen LogP) is 3.41. The van der Waals surface area contributed by atoms with Crippen LogP contribution in [0.2, 0.25) is 10.0 Å². The predicted molar refractivity (Wildman–Crippen MR) is 69.2 cm³/mol. The molecule has 0 radical (unpaired) electrons. The summed E-state index contributed by atoms with van der Waals surface area (Å²) >= 11 is 12.3. The van der Waals surface area contributed by atoms with Crippen molar-refractivity contribution >= 4 is 23.2 Å². The molecule has 0 aromatic heterocycles.